The Kier molecular flexibility index (Phi) is 11.5. The molecule has 232 valence electrons. The van der Waals surface area contributed by atoms with Crippen LogP contribution in [0.25, 0.3) is 0 Å². The molecule has 0 heterocycles. The van der Waals surface area contributed by atoms with Gasteiger partial charge < -0.3 is 15.8 Å². The van der Waals surface area contributed by atoms with Crippen LogP contribution in [-0.4, -0.2) is 31.2 Å². The zero-order valence-corrected chi connectivity index (χ0v) is 27.3. The topological polar surface area (TPSA) is 64.3 Å². The number of nitrogens with two attached hydrogens (primary N) is 1. The molecule has 0 bridgehead atoms. The first-order chi connectivity index (χ1) is 19.1. The summed E-state index contributed by atoms with van der Waals surface area (Å²) >= 11 is 0. The highest BCUT2D eigenvalue weighted by atomic mass is 16.5. The molecule has 4 saturated carbocycles. The fraction of sp³-hybridized carbons (Fsp3) is 0.972. The summed E-state index contributed by atoms with van der Waals surface area (Å²) in [5, 5.41) is 4.21. The molecule has 10 atom stereocenters. The third kappa shape index (κ3) is 7.12. The van der Waals surface area contributed by atoms with Crippen molar-refractivity contribution in [3.63, 3.8) is 0 Å². The summed E-state index contributed by atoms with van der Waals surface area (Å²) in [6.45, 7) is 16.3. The molecule has 4 unspecified atom stereocenters. The van der Waals surface area contributed by atoms with Gasteiger partial charge in [-0.15, -0.1) is 0 Å². The average molecular weight is 559 g/mol. The van der Waals surface area contributed by atoms with Crippen molar-refractivity contribution in [1.29, 1.82) is 0 Å². The molecule has 0 aromatic carbocycles. The molecule has 4 nitrogen and oxygen atoms in total. The van der Waals surface area contributed by atoms with Crippen LogP contribution >= 0.6 is 0 Å². The number of rotatable bonds is 14. The van der Waals surface area contributed by atoms with Crippen molar-refractivity contribution >= 4 is 5.97 Å². The number of carbonyl (C=O) groups excluding carboxylic acids is 1. The number of fused-ring (bicyclic) bond motifs is 5. The van der Waals surface area contributed by atoms with E-state index in [-0.39, 0.29) is 12.1 Å². The van der Waals surface area contributed by atoms with E-state index in [0.29, 0.717) is 22.8 Å². The van der Waals surface area contributed by atoms with Crippen LogP contribution in [0.15, 0.2) is 0 Å². The molecule has 0 radical (unpaired) electrons. The molecule has 0 aromatic heterocycles. The maximum Gasteiger partial charge on any atom is 0.302 e. The quantitative estimate of drug-likeness (QED) is 0.166. The molecular weight excluding hydrogens is 492 g/mol. The van der Waals surface area contributed by atoms with Gasteiger partial charge in [-0.25, -0.2) is 0 Å². The molecule has 0 aromatic rings. The minimum Gasteiger partial charge on any atom is -0.463 e. The van der Waals surface area contributed by atoms with Gasteiger partial charge in [0.15, 0.2) is 0 Å². The Hall–Kier alpha value is -0.610. The summed E-state index contributed by atoms with van der Waals surface area (Å²) in [7, 11) is 0. The van der Waals surface area contributed by atoms with Gasteiger partial charge in [0, 0.05) is 13.0 Å². The van der Waals surface area contributed by atoms with Crippen LogP contribution in [0.2, 0.25) is 0 Å². The molecule has 4 aliphatic carbocycles. The Bertz CT molecular complexity index is 800. The Balaban J connectivity index is 1.49. The molecule has 0 spiro atoms. The van der Waals surface area contributed by atoms with Gasteiger partial charge in [0.2, 0.25) is 0 Å². The SMILES string of the molecule is CC(=O)O[C@H]1CC[C@]2(C)C3CC[C@@]4(C)C(CC[C@@H]4[C@H](C)CCCC(C)C)C3C(NCCCCCCCN)C[C@H]2C1. The van der Waals surface area contributed by atoms with Gasteiger partial charge in [0.1, 0.15) is 6.10 Å². The number of esters is 1. The summed E-state index contributed by atoms with van der Waals surface area (Å²) in [6.07, 6.45) is 21.1. The predicted octanol–water partition coefficient (Wildman–Crippen LogP) is 8.52. The van der Waals surface area contributed by atoms with Gasteiger partial charge >= 0.3 is 5.97 Å². The Morgan fingerprint density at radius 2 is 1.57 bits per heavy atom. The molecule has 4 fully saturated rings. The van der Waals surface area contributed by atoms with E-state index in [1.165, 1.54) is 89.9 Å². The van der Waals surface area contributed by atoms with Crippen molar-refractivity contribution in [3.8, 4) is 0 Å². The van der Waals surface area contributed by atoms with Crippen molar-refractivity contribution in [3.05, 3.63) is 0 Å². The Labute approximate surface area is 248 Å². The first-order valence-electron chi connectivity index (χ1n) is 17.7. The van der Waals surface area contributed by atoms with Crippen LogP contribution in [0.3, 0.4) is 0 Å². The normalized spacial score (nSPS) is 39.9. The molecule has 4 rings (SSSR count). The van der Waals surface area contributed by atoms with Crippen LogP contribution in [-0.2, 0) is 9.53 Å². The van der Waals surface area contributed by atoms with Crippen LogP contribution < -0.4 is 11.1 Å². The zero-order chi connectivity index (χ0) is 28.9. The van der Waals surface area contributed by atoms with Crippen LogP contribution in [0.1, 0.15) is 144 Å². The van der Waals surface area contributed by atoms with Crippen molar-refractivity contribution < 1.29 is 9.53 Å². The van der Waals surface area contributed by atoms with Crippen LogP contribution in [0.4, 0.5) is 0 Å². The summed E-state index contributed by atoms with van der Waals surface area (Å²) < 4.78 is 5.81. The first kappa shape index (κ1) is 32.3. The van der Waals surface area contributed by atoms with E-state index < -0.39 is 0 Å². The molecule has 0 amide bonds. The predicted molar refractivity (Wildman–Crippen MR) is 168 cm³/mol. The number of ether oxygens (including phenoxy) is 1. The monoisotopic (exact) mass is 559 g/mol. The van der Waals surface area contributed by atoms with Gasteiger partial charge in [-0.3, -0.25) is 4.79 Å². The standard InChI is InChI=1S/C36H66N2O2/c1-25(2)13-12-14-26(3)30-15-16-31-34-32(18-20-36(30,31)6)35(5)19-17-29(40-27(4)39)23-28(35)24-33(34)38-22-11-9-7-8-10-21-37/h25-26,28-34,38H,7-24,37H2,1-6H3/t26-,28-,29+,30-,31?,32?,33?,34?,35+,36-/m1/s1. The lowest BCUT2D eigenvalue weighted by Gasteiger charge is -2.63. The lowest BCUT2D eigenvalue weighted by Crippen LogP contribution is -2.61. The maximum atomic E-state index is 11.8. The van der Waals surface area contributed by atoms with Crippen LogP contribution in [0, 0.1) is 52.3 Å². The number of unbranched alkanes of at least 4 members (excludes halogenated alkanes) is 4. The highest BCUT2D eigenvalue weighted by Gasteiger charge is 2.63. The highest BCUT2D eigenvalue weighted by Crippen LogP contribution is 2.68. The lowest BCUT2D eigenvalue weighted by molar-refractivity contribution is -0.164. The third-order valence-electron chi connectivity index (χ3n) is 13.0. The summed E-state index contributed by atoms with van der Waals surface area (Å²) in [5.74, 6) is 5.67. The lowest BCUT2D eigenvalue weighted by atomic mass is 9.43. The molecule has 3 N–H and O–H groups in total. The largest absolute Gasteiger partial charge is 0.463 e. The van der Waals surface area contributed by atoms with Crippen molar-refractivity contribution in [2.24, 2.45) is 58.0 Å². The zero-order valence-electron chi connectivity index (χ0n) is 27.3. The van der Waals surface area contributed by atoms with Gasteiger partial charge in [0.05, 0.1) is 0 Å². The van der Waals surface area contributed by atoms with Crippen LogP contribution in [0.5, 0.6) is 0 Å². The second-order valence-electron chi connectivity index (χ2n) is 15.9. The average Bonchev–Trinajstić information content (AvgIpc) is 3.25. The van der Waals surface area contributed by atoms with Gasteiger partial charge in [-0.2, -0.15) is 0 Å². The van der Waals surface area contributed by atoms with Gasteiger partial charge in [-0.1, -0.05) is 73.1 Å². The number of nitrogens with one attached hydrogen (secondary N) is 1. The smallest absolute Gasteiger partial charge is 0.302 e. The highest BCUT2D eigenvalue weighted by molar-refractivity contribution is 5.66. The van der Waals surface area contributed by atoms with Gasteiger partial charge in [-0.05, 0) is 130 Å². The molecule has 40 heavy (non-hydrogen) atoms. The van der Waals surface area contributed by atoms with E-state index in [2.05, 4.69) is 39.9 Å². The molecular formula is C36H66N2O2. The second-order valence-corrected chi connectivity index (χ2v) is 15.9. The fourth-order valence-electron chi connectivity index (χ4n) is 10.9. The van der Waals surface area contributed by atoms with Gasteiger partial charge in [0.25, 0.3) is 0 Å². The summed E-state index contributed by atoms with van der Waals surface area (Å²) in [4.78, 5) is 11.8. The Morgan fingerprint density at radius 3 is 2.30 bits per heavy atom. The summed E-state index contributed by atoms with van der Waals surface area (Å²) in [6, 6.07) is 0.628. The van der Waals surface area contributed by atoms with E-state index in [9.17, 15) is 4.79 Å². The molecule has 4 heteroatoms. The number of carbonyl (C=O) groups is 1. The van der Waals surface area contributed by atoms with Crippen molar-refractivity contribution in [2.45, 2.75) is 156 Å². The van der Waals surface area contributed by atoms with E-state index >= 15 is 0 Å². The second kappa shape index (κ2) is 14.2. The van der Waals surface area contributed by atoms with Crippen molar-refractivity contribution in [2.75, 3.05) is 13.1 Å². The fourth-order valence-corrected chi connectivity index (χ4v) is 10.9. The molecule has 0 saturated heterocycles. The Morgan fingerprint density at radius 1 is 0.875 bits per heavy atom. The third-order valence-corrected chi connectivity index (χ3v) is 13.0. The minimum absolute atomic E-state index is 0.0976. The van der Waals surface area contributed by atoms with E-state index in [0.717, 1.165) is 61.4 Å². The number of hydrogen-bond donors (Lipinski definition) is 2. The maximum absolute atomic E-state index is 11.8. The van der Waals surface area contributed by atoms with E-state index in [1.54, 1.807) is 6.92 Å². The first-order valence-corrected chi connectivity index (χ1v) is 17.7. The molecule has 4 aliphatic rings. The number of hydrogen-bond acceptors (Lipinski definition) is 4. The molecule has 0 aliphatic heterocycles. The minimum atomic E-state index is -0.0976. The summed E-state index contributed by atoms with van der Waals surface area (Å²) in [5.41, 5.74) is 6.63. The van der Waals surface area contributed by atoms with Crippen molar-refractivity contribution in [1.82, 2.24) is 5.32 Å². The van der Waals surface area contributed by atoms with E-state index in [1.807, 2.05) is 0 Å². The van der Waals surface area contributed by atoms with E-state index in [4.69, 9.17) is 10.5 Å².